The van der Waals surface area contributed by atoms with Gasteiger partial charge in [-0.3, -0.25) is 4.98 Å². The molecule has 94 valence electrons. The smallest absolute Gasteiger partial charge is 0.101 e. The summed E-state index contributed by atoms with van der Waals surface area (Å²) in [6.45, 7) is 4.14. The van der Waals surface area contributed by atoms with Crippen LogP contribution < -0.4 is 0 Å². The first-order valence-electron chi connectivity index (χ1n) is 5.93. The summed E-state index contributed by atoms with van der Waals surface area (Å²) in [5, 5.41) is 10.3. The van der Waals surface area contributed by atoms with Gasteiger partial charge in [0.15, 0.2) is 0 Å². The summed E-state index contributed by atoms with van der Waals surface area (Å²) in [6.07, 6.45) is 1.71. The third-order valence-electron chi connectivity index (χ3n) is 3.14. The molecular weight excluding hydrogens is 290 g/mol. The highest BCUT2D eigenvalue weighted by atomic mass is 79.9. The Hall–Kier alpha value is -1.19. The van der Waals surface area contributed by atoms with Crippen LogP contribution in [-0.4, -0.2) is 10.1 Å². The van der Waals surface area contributed by atoms with Gasteiger partial charge in [-0.1, -0.05) is 18.2 Å². The average Bonchev–Trinajstić information content (AvgIpc) is 2.34. The van der Waals surface area contributed by atoms with Crippen molar-refractivity contribution < 1.29 is 5.11 Å². The highest BCUT2D eigenvalue weighted by molar-refractivity contribution is 9.10. The zero-order valence-electron chi connectivity index (χ0n) is 10.5. The van der Waals surface area contributed by atoms with Crippen LogP contribution in [0, 0.1) is 13.8 Å². The first kappa shape index (κ1) is 13.2. The number of hydrogen-bond donors (Lipinski definition) is 1. The molecule has 0 radical (unpaired) electrons. The van der Waals surface area contributed by atoms with Gasteiger partial charge in [0.05, 0.1) is 5.69 Å². The minimum absolute atomic E-state index is 0.583. The number of aliphatic hydroxyl groups excluding tert-OH is 1. The van der Waals surface area contributed by atoms with E-state index in [1.165, 1.54) is 16.7 Å². The van der Waals surface area contributed by atoms with Gasteiger partial charge < -0.3 is 5.11 Å². The molecule has 0 aliphatic carbocycles. The maximum Gasteiger partial charge on any atom is 0.101 e. The lowest BCUT2D eigenvalue weighted by atomic mass is 9.96. The summed E-state index contributed by atoms with van der Waals surface area (Å²) in [4.78, 5) is 4.24. The first-order chi connectivity index (χ1) is 8.59. The van der Waals surface area contributed by atoms with Crippen LogP contribution in [-0.2, 0) is 6.42 Å². The SMILES string of the molecule is Cc1cccc(C)c1CC(O)c1ncccc1Br. The van der Waals surface area contributed by atoms with Crippen molar-refractivity contribution >= 4 is 15.9 Å². The van der Waals surface area contributed by atoms with Crippen molar-refractivity contribution in [2.75, 3.05) is 0 Å². The van der Waals surface area contributed by atoms with Gasteiger partial charge in [0.1, 0.15) is 6.10 Å². The van der Waals surface area contributed by atoms with E-state index in [1.807, 2.05) is 18.2 Å². The molecular formula is C15H16BrNO. The van der Waals surface area contributed by atoms with Crippen molar-refractivity contribution in [2.45, 2.75) is 26.4 Å². The van der Waals surface area contributed by atoms with Crippen molar-refractivity contribution in [1.29, 1.82) is 0 Å². The maximum atomic E-state index is 10.3. The molecule has 0 aliphatic heterocycles. The Morgan fingerprint density at radius 1 is 1.17 bits per heavy atom. The van der Waals surface area contributed by atoms with E-state index in [0.717, 1.165) is 4.47 Å². The third-order valence-corrected chi connectivity index (χ3v) is 3.82. The van der Waals surface area contributed by atoms with Crippen LogP contribution in [0.2, 0.25) is 0 Å². The molecule has 0 amide bonds. The maximum absolute atomic E-state index is 10.3. The van der Waals surface area contributed by atoms with Crippen LogP contribution in [0.5, 0.6) is 0 Å². The second-order valence-corrected chi connectivity index (χ2v) is 5.32. The summed E-state index contributed by atoms with van der Waals surface area (Å²) in [6, 6.07) is 9.93. The van der Waals surface area contributed by atoms with Crippen molar-refractivity contribution in [2.24, 2.45) is 0 Å². The molecule has 0 fully saturated rings. The largest absolute Gasteiger partial charge is 0.386 e. The topological polar surface area (TPSA) is 33.1 Å². The molecule has 3 heteroatoms. The Bertz CT molecular complexity index is 534. The molecule has 0 spiro atoms. The van der Waals surface area contributed by atoms with Gasteiger partial charge in [-0.25, -0.2) is 0 Å². The molecule has 1 atom stereocenters. The number of nitrogens with zero attached hydrogens (tertiary/aromatic N) is 1. The molecule has 0 saturated heterocycles. The number of aliphatic hydroxyl groups is 1. The average molecular weight is 306 g/mol. The number of pyridine rings is 1. The standard InChI is InChI=1S/C15H16BrNO/c1-10-5-3-6-11(2)12(10)9-14(18)15-13(16)7-4-8-17-15/h3-8,14,18H,9H2,1-2H3. The lowest BCUT2D eigenvalue weighted by molar-refractivity contribution is 0.172. The van der Waals surface area contributed by atoms with Crippen LogP contribution in [0.15, 0.2) is 41.0 Å². The molecule has 1 aromatic carbocycles. The number of benzene rings is 1. The van der Waals surface area contributed by atoms with E-state index in [9.17, 15) is 5.11 Å². The monoisotopic (exact) mass is 305 g/mol. The van der Waals surface area contributed by atoms with Crippen molar-refractivity contribution in [1.82, 2.24) is 4.98 Å². The van der Waals surface area contributed by atoms with Gasteiger partial charge in [0, 0.05) is 17.1 Å². The summed E-state index contributed by atoms with van der Waals surface area (Å²) in [5.41, 5.74) is 4.31. The van der Waals surface area contributed by atoms with Gasteiger partial charge in [-0.05, 0) is 58.6 Å². The summed E-state index contributed by atoms with van der Waals surface area (Å²) < 4.78 is 0.851. The summed E-state index contributed by atoms with van der Waals surface area (Å²) in [7, 11) is 0. The molecule has 2 nitrogen and oxygen atoms in total. The Morgan fingerprint density at radius 3 is 2.44 bits per heavy atom. The first-order valence-corrected chi connectivity index (χ1v) is 6.72. The zero-order valence-corrected chi connectivity index (χ0v) is 12.1. The second kappa shape index (κ2) is 5.63. The number of rotatable bonds is 3. The molecule has 1 heterocycles. The molecule has 1 unspecified atom stereocenters. The van der Waals surface area contributed by atoms with E-state index >= 15 is 0 Å². The Kier molecular flexibility index (Phi) is 4.15. The minimum atomic E-state index is -0.583. The molecule has 0 saturated carbocycles. The normalized spacial score (nSPS) is 12.4. The number of aryl methyl sites for hydroxylation is 2. The Labute approximate surface area is 116 Å². The predicted octanol–water partition coefficient (Wildman–Crippen LogP) is 3.74. The van der Waals surface area contributed by atoms with Crippen molar-refractivity contribution in [3.05, 3.63) is 63.4 Å². The van der Waals surface area contributed by atoms with Crippen LogP contribution in [0.3, 0.4) is 0 Å². The van der Waals surface area contributed by atoms with E-state index in [4.69, 9.17) is 0 Å². The van der Waals surface area contributed by atoms with Crippen molar-refractivity contribution in [3.63, 3.8) is 0 Å². The lowest BCUT2D eigenvalue weighted by Crippen LogP contribution is -2.07. The second-order valence-electron chi connectivity index (χ2n) is 4.46. The summed E-state index contributed by atoms with van der Waals surface area (Å²) >= 11 is 3.42. The highest BCUT2D eigenvalue weighted by Gasteiger charge is 2.15. The molecule has 1 aromatic heterocycles. The Morgan fingerprint density at radius 2 is 1.83 bits per heavy atom. The van der Waals surface area contributed by atoms with Gasteiger partial charge in [0.2, 0.25) is 0 Å². The van der Waals surface area contributed by atoms with E-state index < -0.39 is 6.10 Å². The Balaban J connectivity index is 2.27. The van der Waals surface area contributed by atoms with Crippen LogP contribution in [0.4, 0.5) is 0 Å². The fourth-order valence-corrected chi connectivity index (χ4v) is 2.62. The van der Waals surface area contributed by atoms with Gasteiger partial charge in [-0.2, -0.15) is 0 Å². The third kappa shape index (κ3) is 2.79. The molecule has 18 heavy (non-hydrogen) atoms. The molecule has 0 bridgehead atoms. The zero-order chi connectivity index (χ0) is 13.1. The van der Waals surface area contributed by atoms with Crippen LogP contribution in [0.1, 0.15) is 28.5 Å². The quantitative estimate of drug-likeness (QED) is 0.937. The van der Waals surface area contributed by atoms with E-state index in [-0.39, 0.29) is 0 Å². The van der Waals surface area contributed by atoms with Gasteiger partial charge in [-0.15, -0.1) is 0 Å². The van der Waals surface area contributed by atoms with E-state index in [1.54, 1.807) is 6.20 Å². The van der Waals surface area contributed by atoms with E-state index in [0.29, 0.717) is 12.1 Å². The minimum Gasteiger partial charge on any atom is -0.386 e. The highest BCUT2D eigenvalue weighted by Crippen LogP contribution is 2.26. The number of hydrogen-bond acceptors (Lipinski definition) is 2. The van der Waals surface area contributed by atoms with Gasteiger partial charge >= 0.3 is 0 Å². The number of halogens is 1. The predicted molar refractivity (Wildman–Crippen MR) is 76.5 cm³/mol. The fourth-order valence-electron chi connectivity index (χ4n) is 2.10. The molecule has 2 rings (SSSR count). The van der Waals surface area contributed by atoms with E-state index in [2.05, 4.69) is 46.9 Å². The summed E-state index contributed by atoms with van der Waals surface area (Å²) in [5.74, 6) is 0. The van der Waals surface area contributed by atoms with Crippen LogP contribution >= 0.6 is 15.9 Å². The van der Waals surface area contributed by atoms with Crippen LogP contribution in [0.25, 0.3) is 0 Å². The molecule has 1 N–H and O–H groups in total. The molecule has 2 aromatic rings. The number of aromatic nitrogens is 1. The van der Waals surface area contributed by atoms with Gasteiger partial charge in [0.25, 0.3) is 0 Å². The molecule has 0 aliphatic rings. The lowest BCUT2D eigenvalue weighted by Gasteiger charge is -2.15. The van der Waals surface area contributed by atoms with Crippen molar-refractivity contribution in [3.8, 4) is 0 Å². The fraction of sp³-hybridized carbons (Fsp3) is 0.267.